The van der Waals surface area contributed by atoms with Gasteiger partial charge in [0.15, 0.2) is 5.79 Å². The number of nitrogens with one attached hydrogen (secondary N) is 2. The van der Waals surface area contributed by atoms with Gasteiger partial charge in [-0.1, -0.05) is 0 Å². The van der Waals surface area contributed by atoms with Crippen LogP contribution in [0.1, 0.15) is 0 Å². The molecule has 11 heavy (non-hydrogen) atoms. The minimum Gasteiger partial charge on any atom is -0.345 e. The lowest BCUT2D eigenvalue weighted by molar-refractivity contribution is -0.148. The lowest BCUT2D eigenvalue weighted by atomic mass is 10.3. The first kappa shape index (κ1) is 8.93. The van der Waals surface area contributed by atoms with Gasteiger partial charge in [-0.25, -0.2) is 0 Å². The maximum atomic E-state index is 5.47. The fourth-order valence-electron chi connectivity index (χ4n) is 1.30. The molecule has 0 bridgehead atoms. The predicted octanol–water partition coefficient (Wildman–Crippen LogP) is -0.832. The monoisotopic (exact) mass is 160 g/mol. The molecule has 0 radical (unpaired) electrons. The predicted molar refractivity (Wildman–Crippen MR) is 42.5 cm³/mol. The summed E-state index contributed by atoms with van der Waals surface area (Å²) in [6, 6.07) is 0. The van der Waals surface area contributed by atoms with Gasteiger partial charge in [0.05, 0.1) is 26.3 Å². The van der Waals surface area contributed by atoms with Gasteiger partial charge in [-0.15, -0.1) is 0 Å². The molecule has 2 N–H and O–H groups in total. The number of rotatable bonds is 4. The van der Waals surface area contributed by atoms with Crippen LogP contribution in [0.3, 0.4) is 0 Å². The Morgan fingerprint density at radius 1 is 1.09 bits per heavy atom. The second-order valence-corrected chi connectivity index (χ2v) is 2.67. The number of hydrogen-bond donors (Lipinski definition) is 2. The average Bonchev–Trinajstić information content (AvgIpc) is 2.39. The highest BCUT2D eigenvalue weighted by Crippen LogP contribution is 2.16. The van der Waals surface area contributed by atoms with E-state index in [1.54, 1.807) is 0 Å². The fourth-order valence-corrected chi connectivity index (χ4v) is 1.30. The molecule has 0 aromatic carbocycles. The molecule has 0 saturated carbocycles. The summed E-state index contributed by atoms with van der Waals surface area (Å²) in [6.07, 6.45) is 0. The molecule has 0 aromatic heterocycles. The Morgan fingerprint density at radius 3 is 1.91 bits per heavy atom. The molecule has 4 heteroatoms. The molecule has 0 atom stereocenters. The molecule has 1 rings (SSSR count). The lowest BCUT2D eigenvalue weighted by Crippen LogP contribution is -2.47. The summed E-state index contributed by atoms with van der Waals surface area (Å²) in [4.78, 5) is 0. The Morgan fingerprint density at radius 2 is 1.55 bits per heavy atom. The third-order valence-electron chi connectivity index (χ3n) is 1.71. The quantitative estimate of drug-likeness (QED) is 0.563. The highest BCUT2D eigenvalue weighted by molar-refractivity contribution is 4.77. The highest BCUT2D eigenvalue weighted by atomic mass is 16.7. The van der Waals surface area contributed by atoms with E-state index >= 15 is 0 Å². The van der Waals surface area contributed by atoms with Crippen LogP contribution >= 0.6 is 0 Å². The summed E-state index contributed by atoms with van der Waals surface area (Å²) < 4.78 is 10.9. The van der Waals surface area contributed by atoms with Crippen molar-refractivity contribution in [2.45, 2.75) is 5.79 Å². The Labute approximate surface area is 67.2 Å². The normalized spacial score (nSPS) is 22.4. The standard InChI is InChI=1S/C7H16N2O2/c1-8-5-7(6-9-2)10-3-4-11-7/h8-9H,3-6H2,1-2H3. The van der Waals surface area contributed by atoms with Gasteiger partial charge in [0.1, 0.15) is 0 Å². The third-order valence-corrected chi connectivity index (χ3v) is 1.71. The Bertz CT molecular complexity index is 105. The molecule has 1 heterocycles. The summed E-state index contributed by atoms with van der Waals surface area (Å²) in [5.41, 5.74) is 0. The van der Waals surface area contributed by atoms with Crippen LogP contribution < -0.4 is 10.6 Å². The van der Waals surface area contributed by atoms with Crippen molar-refractivity contribution in [1.29, 1.82) is 0 Å². The first-order valence-corrected chi connectivity index (χ1v) is 3.90. The smallest absolute Gasteiger partial charge is 0.193 e. The van der Waals surface area contributed by atoms with Crippen molar-refractivity contribution in [3.05, 3.63) is 0 Å². The van der Waals surface area contributed by atoms with Gasteiger partial charge >= 0.3 is 0 Å². The molecular formula is C7H16N2O2. The van der Waals surface area contributed by atoms with E-state index in [1.165, 1.54) is 0 Å². The zero-order valence-corrected chi connectivity index (χ0v) is 7.14. The summed E-state index contributed by atoms with van der Waals surface area (Å²) >= 11 is 0. The molecule has 0 spiro atoms. The number of ether oxygens (including phenoxy) is 2. The topological polar surface area (TPSA) is 42.5 Å². The molecule has 1 aliphatic heterocycles. The third kappa shape index (κ3) is 2.13. The molecule has 0 aliphatic carbocycles. The van der Waals surface area contributed by atoms with Crippen LogP contribution in [-0.2, 0) is 9.47 Å². The molecule has 1 aliphatic rings. The second kappa shape index (κ2) is 4.01. The van der Waals surface area contributed by atoms with E-state index < -0.39 is 5.79 Å². The van der Waals surface area contributed by atoms with Crippen molar-refractivity contribution < 1.29 is 9.47 Å². The van der Waals surface area contributed by atoms with Gasteiger partial charge < -0.3 is 20.1 Å². The van der Waals surface area contributed by atoms with Crippen LogP contribution in [0.2, 0.25) is 0 Å². The molecule has 1 fully saturated rings. The van der Waals surface area contributed by atoms with Crippen molar-refractivity contribution in [3.8, 4) is 0 Å². The number of hydrogen-bond acceptors (Lipinski definition) is 4. The molecular weight excluding hydrogens is 144 g/mol. The number of likely N-dealkylation sites (N-methyl/N-ethyl adjacent to an activating group) is 2. The zero-order chi connectivity index (χ0) is 8.16. The minimum atomic E-state index is -0.427. The van der Waals surface area contributed by atoms with Crippen LogP contribution in [0, 0.1) is 0 Å². The van der Waals surface area contributed by atoms with E-state index in [1.807, 2.05) is 14.1 Å². The SMILES string of the molecule is CNCC1(CNC)OCCO1. The van der Waals surface area contributed by atoms with E-state index in [0.29, 0.717) is 13.2 Å². The molecule has 4 nitrogen and oxygen atoms in total. The van der Waals surface area contributed by atoms with Crippen LogP contribution in [0.5, 0.6) is 0 Å². The van der Waals surface area contributed by atoms with E-state index in [4.69, 9.17) is 9.47 Å². The fraction of sp³-hybridized carbons (Fsp3) is 1.00. The van der Waals surface area contributed by atoms with E-state index in [-0.39, 0.29) is 0 Å². The Balaban J connectivity index is 2.40. The van der Waals surface area contributed by atoms with Crippen molar-refractivity contribution in [2.75, 3.05) is 40.4 Å². The van der Waals surface area contributed by atoms with Crippen molar-refractivity contribution in [1.82, 2.24) is 10.6 Å². The Hall–Kier alpha value is -0.160. The Kier molecular flexibility index (Phi) is 3.26. The first-order valence-electron chi connectivity index (χ1n) is 3.90. The van der Waals surface area contributed by atoms with E-state index in [2.05, 4.69) is 10.6 Å². The van der Waals surface area contributed by atoms with Gasteiger partial charge in [-0.3, -0.25) is 0 Å². The molecule has 0 unspecified atom stereocenters. The summed E-state index contributed by atoms with van der Waals surface area (Å²) in [5.74, 6) is -0.427. The van der Waals surface area contributed by atoms with Crippen molar-refractivity contribution in [3.63, 3.8) is 0 Å². The van der Waals surface area contributed by atoms with Crippen molar-refractivity contribution >= 4 is 0 Å². The minimum absolute atomic E-state index is 0.427. The summed E-state index contributed by atoms with van der Waals surface area (Å²) in [5, 5.41) is 6.09. The van der Waals surface area contributed by atoms with Gasteiger partial charge in [0.2, 0.25) is 0 Å². The largest absolute Gasteiger partial charge is 0.345 e. The van der Waals surface area contributed by atoms with Crippen LogP contribution in [0.15, 0.2) is 0 Å². The summed E-state index contributed by atoms with van der Waals surface area (Å²) in [6.45, 7) is 2.86. The van der Waals surface area contributed by atoms with Crippen LogP contribution in [0.25, 0.3) is 0 Å². The van der Waals surface area contributed by atoms with Crippen molar-refractivity contribution in [2.24, 2.45) is 0 Å². The van der Waals surface area contributed by atoms with Gasteiger partial charge in [-0.2, -0.15) is 0 Å². The zero-order valence-electron chi connectivity index (χ0n) is 7.14. The van der Waals surface area contributed by atoms with Gasteiger partial charge in [0.25, 0.3) is 0 Å². The first-order chi connectivity index (χ1) is 5.33. The summed E-state index contributed by atoms with van der Waals surface area (Å²) in [7, 11) is 3.78. The molecule has 1 saturated heterocycles. The maximum absolute atomic E-state index is 5.47. The lowest BCUT2D eigenvalue weighted by Gasteiger charge is -2.26. The highest BCUT2D eigenvalue weighted by Gasteiger charge is 2.34. The second-order valence-electron chi connectivity index (χ2n) is 2.67. The van der Waals surface area contributed by atoms with Crippen LogP contribution in [-0.4, -0.2) is 46.2 Å². The molecule has 0 aromatic rings. The van der Waals surface area contributed by atoms with E-state index in [9.17, 15) is 0 Å². The van der Waals surface area contributed by atoms with Gasteiger partial charge in [0, 0.05) is 0 Å². The maximum Gasteiger partial charge on any atom is 0.193 e. The van der Waals surface area contributed by atoms with Crippen LogP contribution in [0.4, 0.5) is 0 Å². The van der Waals surface area contributed by atoms with Gasteiger partial charge in [-0.05, 0) is 14.1 Å². The average molecular weight is 160 g/mol. The molecule has 66 valence electrons. The van der Waals surface area contributed by atoms with E-state index in [0.717, 1.165) is 13.1 Å². The molecule has 0 amide bonds.